The number of carboxylic acid groups (broad SMARTS) is 1. The molecule has 48 nitrogen and oxygen atoms in total. The topological polar surface area (TPSA) is 830 Å². The number of nitrogens with zero attached hydrogens (tertiary/aromatic N) is 2. The molecule has 1 fully saturated rings. The third kappa shape index (κ3) is 38.2. The Morgan fingerprint density at radius 3 is 1.19 bits per heavy atom. The van der Waals surface area contributed by atoms with Gasteiger partial charge in [-0.25, -0.2) is 4.79 Å². The fourth-order valence-corrected chi connectivity index (χ4v) is 13.8. The van der Waals surface area contributed by atoms with Gasteiger partial charge in [0, 0.05) is 42.9 Å². The summed E-state index contributed by atoms with van der Waals surface area (Å²) in [5.74, 6) is -20.4. The Labute approximate surface area is 769 Å². The molecular weight excluding hydrogens is 1760 g/mol. The number of primary amides is 1. The lowest BCUT2D eigenvalue weighted by atomic mass is 9.95. The van der Waals surface area contributed by atoms with Crippen molar-refractivity contribution in [1.82, 2.24) is 79.3 Å². The highest BCUT2D eigenvalue weighted by molar-refractivity contribution is 7.81. The Bertz CT molecular complexity index is 4210. The van der Waals surface area contributed by atoms with Crippen molar-refractivity contribution in [3.05, 3.63) is 59.7 Å². The van der Waals surface area contributed by atoms with Crippen molar-refractivity contribution in [1.29, 1.82) is 0 Å². The van der Waals surface area contributed by atoms with Crippen LogP contribution in [0.4, 0.5) is 0 Å². The number of aliphatic imine (C=N–C) groups is 1. The number of aliphatic hydroxyl groups excluding tert-OH is 3. The molecule has 0 spiro atoms. The molecule has 3 rings (SSSR count). The molecule has 0 radical (unpaired) electrons. The van der Waals surface area contributed by atoms with Crippen molar-refractivity contribution >= 4 is 132 Å². The van der Waals surface area contributed by atoms with E-state index in [0.717, 1.165) is 18.7 Å². The van der Waals surface area contributed by atoms with E-state index in [9.17, 15) is 112 Å². The maximum atomic E-state index is 14.8. The van der Waals surface area contributed by atoms with Gasteiger partial charge in [0.2, 0.25) is 94.5 Å². The SMILES string of the molecule is CC[C@H](C)[C@H](NC(=O)[C@@H]1C[C@@H](O)CN1C(=O)[C@@H](N)C(C)C)C(=O)N[C@H](C(=O)N[C@@H](Cc1ccc(O)cc1)C(=O)N[C@@H](CCN)C(=O)N[C@@H](CC(N)=O)C(=O)N[C@@H](CCCN=C(N)N)C(=O)N[C@@H](CCN)C(=O)N[C@H](C(=O)N[C@H](CCN)C(=O)N[C@@H](CCCN)C(=O)N[C@H](C(=O)N[C@@H](CCN)C(=O)N[C@@H](CS)C(=O)N[C@@H](Cc1ccc(O)cc1)C(=O)O)[C@@H](C)O)[C@@H](C)O)C(C)(C)S. The number of β-amino-alcohol motifs (C(OH)–C–C–N with tert-alkyl or cyclic N) is 1. The quantitative estimate of drug-likeness (QED) is 0.0127. The summed E-state index contributed by atoms with van der Waals surface area (Å²) in [4.78, 5) is 243. The fourth-order valence-electron chi connectivity index (χ4n) is 13.4. The number of likely N-dealkylation sites (tertiary alicyclic amines) is 1. The summed E-state index contributed by atoms with van der Waals surface area (Å²) in [5.41, 5.74) is 53.1. The molecule has 1 aliphatic rings. The molecule has 734 valence electrons. The highest BCUT2D eigenvalue weighted by atomic mass is 32.1. The molecule has 38 N–H and O–H groups in total. The Balaban J connectivity index is 1.91. The van der Waals surface area contributed by atoms with Crippen LogP contribution in [0.2, 0.25) is 0 Å². The van der Waals surface area contributed by atoms with Crippen molar-refractivity contribution in [2.45, 2.75) is 259 Å². The molecule has 0 bridgehead atoms. The third-order valence-corrected chi connectivity index (χ3v) is 21.8. The molecule has 2 aromatic rings. The Morgan fingerprint density at radius 1 is 0.466 bits per heavy atom. The van der Waals surface area contributed by atoms with Crippen molar-refractivity contribution in [2.24, 2.45) is 68.4 Å². The van der Waals surface area contributed by atoms with Crippen molar-refractivity contribution < 1.29 is 112 Å². The van der Waals surface area contributed by atoms with Gasteiger partial charge >= 0.3 is 5.97 Å². The molecule has 131 heavy (non-hydrogen) atoms. The van der Waals surface area contributed by atoms with Crippen molar-refractivity contribution in [3.8, 4) is 11.5 Å². The molecule has 0 saturated carbocycles. The van der Waals surface area contributed by atoms with E-state index < -0.39 is 245 Å². The highest BCUT2D eigenvalue weighted by Crippen LogP contribution is 2.25. The number of carbonyl (C=O) groups is 17. The zero-order valence-electron chi connectivity index (χ0n) is 74.7. The number of phenols is 2. The van der Waals surface area contributed by atoms with Gasteiger partial charge in [0.15, 0.2) is 5.96 Å². The zero-order valence-corrected chi connectivity index (χ0v) is 76.5. The lowest BCUT2D eigenvalue weighted by Gasteiger charge is -2.34. The van der Waals surface area contributed by atoms with Gasteiger partial charge in [-0.3, -0.25) is 81.7 Å². The molecule has 0 aliphatic carbocycles. The Morgan fingerprint density at radius 2 is 0.817 bits per heavy atom. The number of nitrogens with two attached hydrogens (primary N) is 9. The predicted octanol–water partition coefficient (Wildman–Crippen LogP) is -10.8. The number of carboxylic acids is 1. The average molecular weight is 1890 g/mol. The summed E-state index contributed by atoms with van der Waals surface area (Å²) in [7, 11) is 0. The number of aliphatic carboxylic acids is 1. The van der Waals surface area contributed by atoms with Crippen LogP contribution in [0.3, 0.4) is 0 Å². The average Bonchev–Trinajstić information content (AvgIpc) is 1.64. The first-order chi connectivity index (χ1) is 61.5. The molecule has 1 heterocycles. The largest absolute Gasteiger partial charge is 0.508 e. The van der Waals surface area contributed by atoms with Gasteiger partial charge in [-0.15, -0.1) is 0 Å². The van der Waals surface area contributed by atoms with E-state index in [2.05, 4.69) is 105 Å². The summed E-state index contributed by atoms with van der Waals surface area (Å²) < 4.78 is -1.46. The minimum Gasteiger partial charge on any atom is -0.508 e. The Kier molecular flexibility index (Phi) is 49.0. The molecule has 2 aromatic carbocycles. The maximum Gasteiger partial charge on any atom is 0.326 e. The van der Waals surface area contributed by atoms with Crippen LogP contribution in [0.1, 0.15) is 137 Å². The molecular formula is C81H135N25O23S2. The number of nitrogens with one attached hydrogen (secondary N) is 14. The van der Waals surface area contributed by atoms with Crippen LogP contribution in [-0.4, -0.2) is 313 Å². The van der Waals surface area contributed by atoms with Crippen LogP contribution < -0.4 is 126 Å². The standard InChI is InChI=1S/C81H135N25O23S2/c1-9-39(4)60(102-73(122)57-34-46(111)36-106(57)78(127)59(88)38(2)3)74(123)105-63(81(7,8)131)77(126)99-53(32-42-14-18-44(109)19-15-42)70(119)95-49(22-27-83)66(115)98-54(35-58(87)112)71(120)93-48(13-11-31-91-80(89)90)64(113)94-52(25-30-86)69(118)104-62(41(6)108)76(125)96-50(23-28-84)65(114)92-47(12-10-26-82)68(117)103-61(40(5)107)75(124)97-51(24-29-85)67(116)101-56(37-130)72(121)100-55(79(128)129)33-43-16-20-45(110)21-17-43/h14-21,38-41,46-57,59-63,107-111,130-131H,9-13,22-37,82-86,88H2,1-8H3,(H2,87,112)(H,92,114)(H,93,120)(H,94,113)(H,95,119)(H,96,125)(H,97,124)(H,98,115)(H,99,126)(H,100,121)(H,101,116)(H,102,122)(H,103,117)(H,104,118)(H,105,123)(H,128,129)(H4,89,90,91)/t39-,40+,41+,46+,47-,48-,49-,50+,51-,52-,53-,54-,55-,56-,57-,59-,60-,61-,62-,63+/m0/s1. The second-order valence-electron chi connectivity index (χ2n) is 32.8. The number of amides is 16. The van der Waals surface area contributed by atoms with E-state index in [1.54, 1.807) is 27.7 Å². The monoisotopic (exact) mass is 1890 g/mol. The van der Waals surface area contributed by atoms with E-state index in [4.69, 9.17) is 51.6 Å². The minimum atomic E-state index is -1.98. The lowest BCUT2D eigenvalue weighted by molar-refractivity contribution is -0.142. The molecule has 0 unspecified atom stereocenters. The normalized spacial score (nSPS) is 17.2. The first-order valence-corrected chi connectivity index (χ1v) is 43.9. The first-order valence-electron chi connectivity index (χ1n) is 42.8. The van der Waals surface area contributed by atoms with E-state index in [1.165, 1.54) is 62.4 Å². The van der Waals surface area contributed by atoms with Gasteiger partial charge in [0.1, 0.15) is 102 Å². The van der Waals surface area contributed by atoms with E-state index in [0.29, 0.717) is 17.5 Å². The number of carbonyl (C=O) groups excluding carboxylic acids is 16. The van der Waals surface area contributed by atoms with E-state index in [-0.39, 0.29) is 133 Å². The zero-order chi connectivity index (χ0) is 99.0. The smallest absolute Gasteiger partial charge is 0.326 e. The number of thiol groups is 2. The van der Waals surface area contributed by atoms with Crippen LogP contribution in [0.25, 0.3) is 0 Å². The van der Waals surface area contributed by atoms with Crippen LogP contribution in [-0.2, 0) is 94.3 Å². The number of phenolic OH excluding ortho intramolecular Hbond substituents is 2. The van der Waals surface area contributed by atoms with Gasteiger partial charge in [-0.05, 0) is 159 Å². The number of guanidine groups is 1. The van der Waals surface area contributed by atoms with Crippen molar-refractivity contribution in [2.75, 3.05) is 51.6 Å². The molecule has 50 heteroatoms. The summed E-state index contributed by atoms with van der Waals surface area (Å²) in [6.07, 6.45) is -8.23. The van der Waals surface area contributed by atoms with Gasteiger partial charge in [0.05, 0.1) is 30.8 Å². The number of rotatable bonds is 58. The number of benzene rings is 2. The molecule has 1 saturated heterocycles. The molecule has 20 atom stereocenters. The molecule has 16 amide bonds. The number of hydrogen-bond donors (Lipinski definition) is 31. The van der Waals surface area contributed by atoms with Crippen LogP contribution in [0, 0.1) is 11.8 Å². The summed E-state index contributed by atoms with van der Waals surface area (Å²) >= 11 is 8.79. The number of aromatic hydroxyl groups is 2. The minimum absolute atomic E-state index is 0.0330. The van der Waals surface area contributed by atoms with Gasteiger partial charge in [0.25, 0.3) is 0 Å². The van der Waals surface area contributed by atoms with Gasteiger partial charge in [-0.1, -0.05) is 58.4 Å². The van der Waals surface area contributed by atoms with Crippen molar-refractivity contribution in [3.63, 3.8) is 0 Å². The highest BCUT2D eigenvalue weighted by Gasteiger charge is 2.46. The molecule has 1 aliphatic heterocycles. The lowest BCUT2D eigenvalue weighted by Crippen LogP contribution is -2.64. The predicted molar refractivity (Wildman–Crippen MR) is 484 cm³/mol. The Hall–Kier alpha value is -11.4. The van der Waals surface area contributed by atoms with E-state index in [1.807, 2.05) is 0 Å². The second kappa shape index (κ2) is 56.4. The summed E-state index contributed by atoms with van der Waals surface area (Å²) in [6.45, 7) is 10.2. The van der Waals surface area contributed by atoms with Crippen LogP contribution >= 0.6 is 25.3 Å². The molecule has 0 aromatic heterocycles. The number of aliphatic hydroxyl groups is 3. The van der Waals surface area contributed by atoms with Crippen LogP contribution in [0.5, 0.6) is 11.5 Å². The summed E-state index contributed by atoms with van der Waals surface area (Å²) in [6, 6.07) is -14.8. The summed E-state index contributed by atoms with van der Waals surface area (Å²) in [5, 5.41) is 96.5. The fraction of sp³-hybridized carbons (Fsp3) is 0.630. The van der Waals surface area contributed by atoms with Crippen LogP contribution in [0.15, 0.2) is 53.5 Å². The van der Waals surface area contributed by atoms with Gasteiger partial charge < -0.3 is 162 Å². The first kappa shape index (κ1) is 114. The maximum absolute atomic E-state index is 14.8. The third-order valence-electron chi connectivity index (χ3n) is 21.2. The second-order valence-corrected chi connectivity index (χ2v) is 34.3. The van der Waals surface area contributed by atoms with E-state index >= 15 is 0 Å². The number of hydrogen-bond acceptors (Lipinski definition) is 31. The van der Waals surface area contributed by atoms with Gasteiger partial charge in [-0.2, -0.15) is 25.3 Å².